The van der Waals surface area contributed by atoms with Crippen molar-refractivity contribution in [1.29, 1.82) is 0 Å². The zero-order valence-electron chi connectivity index (χ0n) is 18.7. The van der Waals surface area contributed by atoms with Gasteiger partial charge < -0.3 is 19.1 Å². The molecule has 0 radical (unpaired) electrons. The van der Waals surface area contributed by atoms with Gasteiger partial charge in [0.1, 0.15) is 39.3 Å². The second kappa shape index (κ2) is 9.70. The van der Waals surface area contributed by atoms with Crippen LogP contribution >= 0.6 is 0 Å². The number of aromatic nitrogens is 1. The molecule has 2 N–H and O–H groups in total. The second-order valence-corrected chi connectivity index (χ2v) is 8.66. The standard InChI is InChI=1S/C24H35N3O2/c1-18-8-6-7-9-22(18)15-25-10-12-26(13-11-25)16-24(28)23-14-19(2)27(21(23)4)20(3)17-29-5/h6-9,14,20H,10-13,15-17H2,1-5H3/p+2/t20-/m0/s1. The van der Waals surface area contributed by atoms with Crippen LogP contribution < -0.4 is 9.80 Å². The van der Waals surface area contributed by atoms with Gasteiger partial charge in [0, 0.05) is 29.6 Å². The highest BCUT2D eigenvalue weighted by Crippen LogP contribution is 2.20. The highest BCUT2D eigenvalue weighted by Gasteiger charge is 2.27. The van der Waals surface area contributed by atoms with Gasteiger partial charge in [0.05, 0.1) is 12.6 Å². The smallest absolute Gasteiger partial charge is 0.218 e. The van der Waals surface area contributed by atoms with E-state index < -0.39 is 0 Å². The molecule has 0 amide bonds. The van der Waals surface area contributed by atoms with Crippen molar-refractivity contribution in [3.05, 3.63) is 58.4 Å². The summed E-state index contributed by atoms with van der Waals surface area (Å²) in [5.74, 6) is 0.270. The monoisotopic (exact) mass is 399 g/mol. The van der Waals surface area contributed by atoms with Gasteiger partial charge in [0.25, 0.3) is 0 Å². The number of quaternary nitrogens is 2. The number of benzene rings is 1. The molecule has 0 unspecified atom stereocenters. The third-order valence-corrected chi connectivity index (χ3v) is 6.41. The predicted molar refractivity (Wildman–Crippen MR) is 116 cm³/mol. The molecule has 0 aliphatic carbocycles. The van der Waals surface area contributed by atoms with E-state index in [9.17, 15) is 4.79 Å². The van der Waals surface area contributed by atoms with E-state index in [4.69, 9.17) is 4.74 Å². The molecule has 0 spiro atoms. The maximum absolute atomic E-state index is 13.0. The van der Waals surface area contributed by atoms with Crippen LogP contribution in [0, 0.1) is 20.8 Å². The maximum Gasteiger partial charge on any atom is 0.218 e. The molecule has 158 valence electrons. The summed E-state index contributed by atoms with van der Waals surface area (Å²) in [6.45, 7) is 15.2. The first-order valence-electron chi connectivity index (χ1n) is 10.8. The SMILES string of the molecule is COC[C@H](C)n1c(C)cc(C(=O)C[NH+]2CC[NH+](Cc3ccccc3C)CC2)c1C. The van der Waals surface area contributed by atoms with Gasteiger partial charge in [-0.3, -0.25) is 4.79 Å². The second-order valence-electron chi connectivity index (χ2n) is 8.66. The van der Waals surface area contributed by atoms with E-state index in [0.717, 1.165) is 49.7 Å². The van der Waals surface area contributed by atoms with Crippen LogP contribution in [0.5, 0.6) is 0 Å². The van der Waals surface area contributed by atoms with Crippen LogP contribution in [0.3, 0.4) is 0 Å². The van der Waals surface area contributed by atoms with Gasteiger partial charge >= 0.3 is 0 Å². The van der Waals surface area contributed by atoms with E-state index in [1.807, 2.05) is 0 Å². The number of hydrogen-bond donors (Lipinski definition) is 2. The number of methoxy groups -OCH3 is 1. The fourth-order valence-electron chi connectivity index (χ4n) is 4.76. The highest BCUT2D eigenvalue weighted by atomic mass is 16.5. The number of rotatable bonds is 8. The van der Waals surface area contributed by atoms with Crippen LogP contribution in [0.2, 0.25) is 0 Å². The first kappa shape index (κ1) is 21.8. The van der Waals surface area contributed by atoms with Crippen molar-refractivity contribution in [2.45, 2.75) is 40.3 Å². The van der Waals surface area contributed by atoms with Gasteiger partial charge in [-0.05, 0) is 39.3 Å². The number of nitrogens with zero attached hydrogens (tertiary/aromatic N) is 1. The Balaban J connectivity index is 1.56. The van der Waals surface area contributed by atoms with Crippen LogP contribution in [0.15, 0.2) is 30.3 Å². The average Bonchev–Trinajstić information content (AvgIpc) is 2.99. The predicted octanol–water partition coefficient (Wildman–Crippen LogP) is 0.787. The van der Waals surface area contributed by atoms with E-state index in [0.29, 0.717) is 13.2 Å². The first-order chi connectivity index (χ1) is 13.9. The normalized spacial score (nSPS) is 20.6. The fraction of sp³-hybridized carbons (Fsp3) is 0.542. The lowest BCUT2D eigenvalue weighted by Gasteiger charge is -2.29. The van der Waals surface area contributed by atoms with E-state index in [2.05, 4.69) is 62.6 Å². The molecular formula is C24H37N3O2+2. The number of ether oxygens (including phenoxy) is 1. The summed E-state index contributed by atoms with van der Waals surface area (Å²) >= 11 is 0. The number of Topliss-reactive ketones (excluding diaryl/α,β-unsaturated/α-hetero) is 1. The molecule has 0 saturated carbocycles. The molecule has 29 heavy (non-hydrogen) atoms. The quantitative estimate of drug-likeness (QED) is 0.645. The van der Waals surface area contributed by atoms with Crippen molar-refractivity contribution in [2.24, 2.45) is 0 Å². The summed E-state index contributed by atoms with van der Waals surface area (Å²) in [5.41, 5.74) is 5.91. The minimum absolute atomic E-state index is 0.238. The lowest BCUT2D eigenvalue weighted by atomic mass is 10.1. The zero-order valence-corrected chi connectivity index (χ0v) is 18.7. The van der Waals surface area contributed by atoms with E-state index >= 15 is 0 Å². The number of nitrogens with one attached hydrogen (secondary N) is 2. The maximum atomic E-state index is 13.0. The summed E-state index contributed by atoms with van der Waals surface area (Å²) < 4.78 is 7.54. The van der Waals surface area contributed by atoms with Gasteiger partial charge in [0.2, 0.25) is 5.78 Å². The topological polar surface area (TPSA) is 40.1 Å². The highest BCUT2D eigenvalue weighted by molar-refractivity contribution is 5.98. The Hall–Kier alpha value is -1.95. The molecule has 0 bridgehead atoms. The van der Waals surface area contributed by atoms with E-state index in [1.165, 1.54) is 16.0 Å². The molecule has 1 fully saturated rings. The van der Waals surface area contributed by atoms with E-state index in [1.54, 1.807) is 12.0 Å². The zero-order chi connectivity index (χ0) is 21.0. The van der Waals surface area contributed by atoms with Gasteiger partial charge in [-0.15, -0.1) is 0 Å². The number of piperazine rings is 1. The summed E-state index contributed by atoms with van der Waals surface area (Å²) in [7, 11) is 1.72. The van der Waals surface area contributed by atoms with Crippen LogP contribution in [-0.4, -0.2) is 56.8 Å². The summed E-state index contributed by atoms with van der Waals surface area (Å²) in [5, 5.41) is 0. The van der Waals surface area contributed by atoms with Crippen molar-refractivity contribution in [2.75, 3.05) is 46.4 Å². The lowest BCUT2D eigenvalue weighted by Crippen LogP contribution is -3.27. The molecule has 5 nitrogen and oxygen atoms in total. The number of ketones is 1. The Kier molecular flexibility index (Phi) is 7.28. The lowest BCUT2D eigenvalue weighted by molar-refractivity contribution is -1.01. The van der Waals surface area contributed by atoms with Crippen LogP contribution in [0.4, 0.5) is 0 Å². The minimum atomic E-state index is 0.238. The van der Waals surface area contributed by atoms with Crippen LogP contribution in [0.1, 0.15) is 45.8 Å². The molecule has 1 aromatic heterocycles. The third kappa shape index (κ3) is 5.16. The van der Waals surface area contributed by atoms with E-state index in [-0.39, 0.29) is 11.8 Å². The van der Waals surface area contributed by atoms with Gasteiger partial charge in [0.15, 0.2) is 0 Å². The fourth-order valence-corrected chi connectivity index (χ4v) is 4.76. The molecule has 1 saturated heterocycles. The Labute approximate surface area is 175 Å². The molecule has 2 aromatic rings. The molecule has 1 atom stereocenters. The molecular weight excluding hydrogens is 362 g/mol. The van der Waals surface area contributed by atoms with Crippen molar-refractivity contribution in [3.8, 4) is 0 Å². The molecule has 1 aliphatic heterocycles. The van der Waals surface area contributed by atoms with Crippen LogP contribution in [-0.2, 0) is 11.3 Å². The summed E-state index contributed by atoms with van der Waals surface area (Å²) in [6, 6.07) is 11.0. The largest absolute Gasteiger partial charge is 0.383 e. The molecule has 2 heterocycles. The van der Waals surface area contributed by atoms with Crippen LogP contribution in [0.25, 0.3) is 0 Å². The van der Waals surface area contributed by atoms with Crippen molar-refractivity contribution >= 4 is 5.78 Å². The first-order valence-corrected chi connectivity index (χ1v) is 10.8. The molecule has 3 rings (SSSR count). The summed E-state index contributed by atoms with van der Waals surface area (Å²) in [4.78, 5) is 16.1. The number of carbonyl (C=O) groups is 1. The van der Waals surface area contributed by atoms with Gasteiger partial charge in [-0.1, -0.05) is 24.3 Å². The Morgan fingerprint density at radius 2 is 1.76 bits per heavy atom. The molecule has 1 aliphatic rings. The number of carbonyl (C=O) groups excluding carboxylic acids is 1. The average molecular weight is 400 g/mol. The van der Waals surface area contributed by atoms with Crippen molar-refractivity contribution in [3.63, 3.8) is 0 Å². The summed E-state index contributed by atoms with van der Waals surface area (Å²) in [6.07, 6.45) is 0. The number of hydrogen-bond acceptors (Lipinski definition) is 2. The molecule has 1 aromatic carbocycles. The Morgan fingerprint density at radius 1 is 1.10 bits per heavy atom. The van der Waals surface area contributed by atoms with Gasteiger partial charge in [-0.2, -0.15) is 0 Å². The van der Waals surface area contributed by atoms with Gasteiger partial charge in [-0.25, -0.2) is 0 Å². The minimum Gasteiger partial charge on any atom is -0.383 e. The Morgan fingerprint density at radius 3 is 2.41 bits per heavy atom. The molecule has 5 heteroatoms. The van der Waals surface area contributed by atoms with Crippen molar-refractivity contribution < 1.29 is 19.3 Å². The third-order valence-electron chi connectivity index (χ3n) is 6.41. The van der Waals surface area contributed by atoms with Crippen molar-refractivity contribution in [1.82, 2.24) is 4.57 Å². The number of aryl methyl sites for hydroxylation is 2. The Bertz CT molecular complexity index is 835.